The number of aryl methyl sites for hydroxylation is 2. The quantitative estimate of drug-likeness (QED) is 0.580. The van der Waals surface area contributed by atoms with Crippen LogP contribution in [0, 0.1) is 13.8 Å². The summed E-state index contributed by atoms with van der Waals surface area (Å²) in [6, 6.07) is 11.9. The highest BCUT2D eigenvalue weighted by Gasteiger charge is 2.06. The fourth-order valence-electron chi connectivity index (χ4n) is 3.03. The fraction of sp³-hybridized carbons (Fsp3) is 0.250. The summed E-state index contributed by atoms with van der Waals surface area (Å²) in [7, 11) is 0. The molecule has 1 amide bonds. The van der Waals surface area contributed by atoms with Crippen molar-refractivity contribution >= 4 is 34.1 Å². The predicted octanol–water partition coefficient (Wildman–Crippen LogP) is 4.21. The molecular weight excluding hydrogens is 334 g/mol. The number of hydrogen-bond donors (Lipinski definition) is 3. The van der Waals surface area contributed by atoms with E-state index in [0.717, 1.165) is 45.7 Å². The van der Waals surface area contributed by atoms with Gasteiger partial charge in [-0.1, -0.05) is 17.7 Å². The van der Waals surface area contributed by atoms with Crippen molar-refractivity contribution < 1.29 is 4.79 Å². The molecule has 3 aromatic rings. The average molecular weight is 356 g/mol. The molecule has 1 heterocycles. The Hall–Kier alpha value is -2.30. The van der Waals surface area contributed by atoms with Gasteiger partial charge in [-0.15, -0.1) is 0 Å². The molecule has 0 aliphatic rings. The molecule has 130 valence electrons. The zero-order valence-corrected chi connectivity index (χ0v) is 15.2. The number of H-pyrrole nitrogens is 1. The van der Waals surface area contributed by atoms with Crippen LogP contribution >= 0.6 is 11.6 Å². The molecule has 5 heteroatoms. The first-order valence-corrected chi connectivity index (χ1v) is 8.73. The van der Waals surface area contributed by atoms with Crippen LogP contribution in [0.3, 0.4) is 0 Å². The van der Waals surface area contributed by atoms with Crippen molar-refractivity contribution in [2.75, 3.05) is 18.4 Å². The molecule has 1 aromatic heterocycles. The Morgan fingerprint density at radius 2 is 1.88 bits per heavy atom. The van der Waals surface area contributed by atoms with E-state index in [2.05, 4.69) is 21.7 Å². The summed E-state index contributed by atoms with van der Waals surface area (Å²) in [5.74, 6) is -0.0352. The highest BCUT2D eigenvalue weighted by Crippen LogP contribution is 2.22. The largest absolute Gasteiger partial charge is 0.361 e. The maximum Gasteiger partial charge on any atom is 0.238 e. The summed E-state index contributed by atoms with van der Waals surface area (Å²) in [5.41, 5.74) is 5.39. The first-order valence-electron chi connectivity index (χ1n) is 8.35. The lowest BCUT2D eigenvalue weighted by Gasteiger charge is -2.08. The molecule has 0 atom stereocenters. The van der Waals surface area contributed by atoms with Crippen molar-refractivity contribution in [2.24, 2.45) is 0 Å². The van der Waals surface area contributed by atoms with E-state index < -0.39 is 0 Å². The first-order chi connectivity index (χ1) is 12.0. The van der Waals surface area contributed by atoms with E-state index in [-0.39, 0.29) is 12.5 Å². The number of benzene rings is 2. The Labute approximate surface area is 152 Å². The molecule has 0 spiro atoms. The maximum atomic E-state index is 12.1. The third-order valence-electron chi connectivity index (χ3n) is 4.09. The van der Waals surface area contributed by atoms with Gasteiger partial charge in [0.2, 0.25) is 5.91 Å². The topological polar surface area (TPSA) is 56.9 Å². The minimum Gasteiger partial charge on any atom is -0.361 e. The van der Waals surface area contributed by atoms with Crippen molar-refractivity contribution in [3.63, 3.8) is 0 Å². The summed E-state index contributed by atoms with van der Waals surface area (Å²) >= 11 is 6.07. The summed E-state index contributed by atoms with van der Waals surface area (Å²) in [5, 5.41) is 7.99. The number of halogens is 1. The number of carbonyl (C=O) groups is 1. The zero-order chi connectivity index (χ0) is 17.8. The molecule has 0 saturated heterocycles. The van der Waals surface area contributed by atoms with E-state index >= 15 is 0 Å². The first kappa shape index (κ1) is 17.5. The lowest BCUT2D eigenvalue weighted by Crippen LogP contribution is -2.29. The van der Waals surface area contributed by atoms with Crippen LogP contribution in [0.1, 0.15) is 16.7 Å². The molecule has 0 fully saturated rings. The zero-order valence-electron chi connectivity index (χ0n) is 14.4. The molecule has 0 aliphatic carbocycles. The number of aromatic nitrogens is 1. The Balaban J connectivity index is 1.49. The highest BCUT2D eigenvalue weighted by atomic mass is 35.5. The number of amides is 1. The third kappa shape index (κ3) is 4.62. The average Bonchev–Trinajstić information content (AvgIpc) is 2.93. The number of rotatable bonds is 6. The van der Waals surface area contributed by atoms with Gasteiger partial charge >= 0.3 is 0 Å². The molecule has 0 bridgehead atoms. The van der Waals surface area contributed by atoms with Gasteiger partial charge in [0.15, 0.2) is 0 Å². The van der Waals surface area contributed by atoms with Crippen LogP contribution in [-0.2, 0) is 11.2 Å². The normalized spacial score (nSPS) is 11.0. The highest BCUT2D eigenvalue weighted by molar-refractivity contribution is 6.31. The molecule has 0 saturated carbocycles. The maximum absolute atomic E-state index is 12.1. The van der Waals surface area contributed by atoms with Crippen LogP contribution < -0.4 is 10.6 Å². The van der Waals surface area contributed by atoms with Crippen molar-refractivity contribution in [1.29, 1.82) is 0 Å². The van der Waals surface area contributed by atoms with E-state index in [1.165, 1.54) is 5.56 Å². The molecule has 0 radical (unpaired) electrons. The standard InChI is InChI=1S/C20H22ClN3O/c1-13-7-14(2)9-17(8-13)24-20(25)12-22-6-5-15-11-23-19-4-3-16(21)10-18(15)19/h3-4,7-11,22-23H,5-6,12H2,1-2H3,(H,24,25). The van der Waals surface area contributed by atoms with Crippen LogP contribution in [0.25, 0.3) is 10.9 Å². The molecule has 2 aromatic carbocycles. The van der Waals surface area contributed by atoms with E-state index in [1.54, 1.807) is 0 Å². The number of carbonyl (C=O) groups excluding carboxylic acids is 1. The van der Waals surface area contributed by atoms with E-state index in [0.29, 0.717) is 0 Å². The van der Waals surface area contributed by atoms with E-state index in [4.69, 9.17) is 11.6 Å². The van der Waals surface area contributed by atoms with Crippen molar-refractivity contribution in [3.8, 4) is 0 Å². The van der Waals surface area contributed by atoms with Gasteiger partial charge in [-0.3, -0.25) is 4.79 Å². The van der Waals surface area contributed by atoms with Gasteiger partial charge in [0.25, 0.3) is 0 Å². The van der Waals surface area contributed by atoms with Crippen molar-refractivity contribution in [3.05, 3.63) is 64.3 Å². The van der Waals surface area contributed by atoms with Gasteiger partial charge in [0.05, 0.1) is 6.54 Å². The van der Waals surface area contributed by atoms with Crippen molar-refractivity contribution in [1.82, 2.24) is 10.3 Å². The second kappa shape index (κ2) is 7.72. The Kier molecular flexibility index (Phi) is 5.41. The van der Waals surface area contributed by atoms with E-state index in [1.807, 2.05) is 50.4 Å². The fourth-order valence-corrected chi connectivity index (χ4v) is 3.21. The Bertz CT molecular complexity index is 881. The van der Waals surface area contributed by atoms with Crippen LogP contribution in [-0.4, -0.2) is 24.0 Å². The van der Waals surface area contributed by atoms with Crippen LogP contribution in [0.4, 0.5) is 5.69 Å². The minimum absolute atomic E-state index is 0.0352. The summed E-state index contributed by atoms with van der Waals surface area (Å²) in [4.78, 5) is 15.3. The molecule has 0 aliphatic heterocycles. The van der Waals surface area contributed by atoms with Crippen molar-refractivity contribution in [2.45, 2.75) is 20.3 Å². The lowest BCUT2D eigenvalue weighted by atomic mass is 10.1. The second-order valence-corrected chi connectivity index (χ2v) is 6.79. The van der Waals surface area contributed by atoms with Gasteiger partial charge < -0.3 is 15.6 Å². The SMILES string of the molecule is Cc1cc(C)cc(NC(=O)CNCCc2c[nH]c3ccc(Cl)cc23)c1. The summed E-state index contributed by atoms with van der Waals surface area (Å²) < 4.78 is 0. The number of aromatic amines is 1. The van der Waals surface area contributed by atoms with Crippen LogP contribution in [0.5, 0.6) is 0 Å². The molecule has 3 rings (SSSR count). The van der Waals surface area contributed by atoms with Gasteiger partial charge in [0.1, 0.15) is 0 Å². The van der Waals surface area contributed by atoms with E-state index in [9.17, 15) is 4.79 Å². The molecule has 25 heavy (non-hydrogen) atoms. The Morgan fingerprint density at radius 1 is 1.12 bits per heavy atom. The van der Waals surface area contributed by atoms with Crippen LogP contribution in [0.15, 0.2) is 42.6 Å². The van der Waals surface area contributed by atoms with Gasteiger partial charge in [-0.2, -0.15) is 0 Å². The molecule has 3 N–H and O–H groups in total. The summed E-state index contributed by atoms with van der Waals surface area (Å²) in [6.45, 7) is 5.05. The third-order valence-corrected chi connectivity index (χ3v) is 4.33. The van der Waals surface area contributed by atoms with Gasteiger partial charge in [-0.25, -0.2) is 0 Å². The molecule has 0 unspecified atom stereocenters. The number of nitrogens with one attached hydrogen (secondary N) is 3. The lowest BCUT2D eigenvalue weighted by molar-refractivity contribution is -0.115. The monoisotopic (exact) mass is 355 g/mol. The number of hydrogen-bond acceptors (Lipinski definition) is 2. The molecule has 4 nitrogen and oxygen atoms in total. The number of fused-ring (bicyclic) bond motifs is 1. The molecular formula is C20H22ClN3O. The smallest absolute Gasteiger partial charge is 0.238 e. The second-order valence-electron chi connectivity index (χ2n) is 6.36. The number of anilines is 1. The van der Waals surface area contributed by atoms with Crippen LogP contribution in [0.2, 0.25) is 5.02 Å². The van der Waals surface area contributed by atoms with Gasteiger partial charge in [-0.05, 0) is 73.8 Å². The minimum atomic E-state index is -0.0352. The Morgan fingerprint density at radius 3 is 2.64 bits per heavy atom. The van der Waals surface area contributed by atoms with Gasteiger partial charge in [0, 0.05) is 27.8 Å². The summed E-state index contributed by atoms with van der Waals surface area (Å²) in [6.07, 6.45) is 2.83. The predicted molar refractivity (Wildman–Crippen MR) is 104 cm³/mol.